The molecule has 9 heavy (non-hydrogen) atoms. The largest absolute Gasteiger partial charge is 0.238 e. The zero-order valence-electron chi connectivity index (χ0n) is 5.45. The molecule has 0 heterocycles. The van der Waals surface area contributed by atoms with Gasteiger partial charge >= 0.3 is 0 Å². The van der Waals surface area contributed by atoms with Crippen LogP contribution in [0.2, 0.25) is 0 Å². The monoisotopic (exact) mass is 134 g/mol. The number of alkyl halides is 2. The summed E-state index contributed by atoms with van der Waals surface area (Å²) in [5, 5.41) is 0. The van der Waals surface area contributed by atoms with Crippen molar-refractivity contribution in [2.75, 3.05) is 0 Å². The first kappa shape index (κ1) is 8.60. The van der Waals surface area contributed by atoms with Gasteiger partial charge in [-0.05, 0) is 19.3 Å². The first-order valence-electron chi connectivity index (χ1n) is 3.16. The maximum Gasteiger partial charge on any atom is 0.238 e. The third kappa shape index (κ3) is 7.60. The Balaban J connectivity index is 2.82. The van der Waals surface area contributed by atoms with Crippen LogP contribution < -0.4 is 0 Å². The molecule has 0 atom stereocenters. The van der Waals surface area contributed by atoms with Gasteiger partial charge in [0.25, 0.3) is 0 Å². The lowest BCUT2D eigenvalue weighted by atomic mass is 10.2. The molecule has 0 saturated carbocycles. The molecule has 0 rings (SSSR count). The zero-order valence-corrected chi connectivity index (χ0v) is 5.45. The third-order valence-electron chi connectivity index (χ3n) is 1.08. The van der Waals surface area contributed by atoms with Crippen LogP contribution in [0, 0.1) is 0 Å². The highest BCUT2D eigenvalue weighted by molar-refractivity contribution is 4.65. The molecule has 0 nitrogen and oxygen atoms in total. The molecule has 0 radical (unpaired) electrons. The van der Waals surface area contributed by atoms with E-state index in [0.29, 0.717) is 6.42 Å². The second kappa shape index (κ2) is 5.73. The van der Waals surface area contributed by atoms with Crippen LogP contribution >= 0.6 is 0 Å². The highest BCUT2D eigenvalue weighted by Gasteiger charge is 1.99. The number of hydrogen-bond donors (Lipinski definition) is 0. The molecule has 2 heteroatoms. The van der Waals surface area contributed by atoms with Crippen molar-refractivity contribution in [3.8, 4) is 0 Å². The van der Waals surface area contributed by atoms with Crippen LogP contribution in [0.4, 0.5) is 8.78 Å². The van der Waals surface area contributed by atoms with Crippen molar-refractivity contribution in [3.63, 3.8) is 0 Å². The minimum Gasteiger partial charge on any atom is -0.211 e. The first-order valence-corrected chi connectivity index (χ1v) is 3.16. The number of halogens is 2. The number of allylic oxidation sites excluding steroid dienone is 1. The van der Waals surface area contributed by atoms with Crippen LogP contribution in [-0.2, 0) is 0 Å². The van der Waals surface area contributed by atoms with Crippen molar-refractivity contribution >= 4 is 0 Å². The van der Waals surface area contributed by atoms with Gasteiger partial charge in [-0.15, -0.1) is 6.58 Å². The highest BCUT2D eigenvalue weighted by atomic mass is 19.3. The van der Waals surface area contributed by atoms with Gasteiger partial charge in [-0.1, -0.05) is 6.08 Å². The molecule has 0 spiro atoms. The van der Waals surface area contributed by atoms with Gasteiger partial charge in [-0.2, -0.15) is 0 Å². The van der Waals surface area contributed by atoms with Crippen molar-refractivity contribution in [1.29, 1.82) is 0 Å². The van der Waals surface area contributed by atoms with E-state index >= 15 is 0 Å². The summed E-state index contributed by atoms with van der Waals surface area (Å²) >= 11 is 0. The predicted molar refractivity (Wildman–Crippen MR) is 34.7 cm³/mol. The summed E-state index contributed by atoms with van der Waals surface area (Å²) in [6, 6.07) is 0. The lowest BCUT2D eigenvalue weighted by molar-refractivity contribution is 0.134. The molecule has 0 aliphatic heterocycles. The van der Waals surface area contributed by atoms with Crippen LogP contribution in [0.15, 0.2) is 12.7 Å². The lowest BCUT2D eigenvalue weighted by Crippen LogP contribution is -1.88. The molecule has 54 valence electrons. The fourth-order valence-electron chi connectivity index (χ4n) is 0.587. The summed E-state index contributed by atoms with van der Waals surface area (Å²) in [4.78, 5) is 0. The Labute approximate surface area is 54.6 Å². The third-order valence-corrected chi connectivity index (χ3v) is 1.08. The molecule has 0 fully saturated rings. The maximum absolute atomic E-state index is 11.4. The molecule has 0 unspecified atom stereocenters. The van der Waals surface area contributed by atoms with Crippen LogP contribution in [0.3, 0.4) is 0 Å². The average molecular weight is 134 g/mol. The Bertz CT molecular complexity index is 69.3. The van der Waals surface area contributed by atoms with Gasteiger partial charge in [-0.25, -0.2) is 8.78 Å². The van der Waals surface area contributed by atoms with Gasteiger partial charge in [0.2, 0.25) is 6.43 Å². The molecule has 0 aromatic rings. The molecule has 0 amide bonds. The summed E-state index contributed by atoms with van der Waals surface area (Å²) < 4.78 is 22.9. The lowest BCUT2D eigenvalue weighted by Gasteiger charge is -1.95. The Morgan fingerprint density at radius 1 is 1.33 bits per heavy atom. The summed E-state index contributed by atoms with van der Waals surface area (Å²) in [6.07, 6.45) is 1.97. The normalized spacial score (nSPS) is 10.1. The molecule has 0 bridgehead atoms. The fraction of sp³-hybridized carbons (Fsp3) is 0.714. The van der Waals surface area contributed by atoms with Crippen molar-refractivity contribution < 1.29 is 8.78 Å². The quantitative estimate of drug-likeness (QED) is 0.400. The summed E-state index contributed by atoms with van der Waals surface area (Å²) in [5.41, 5.74) is 0. The Hall–Kier alpha value is -0.400. The first-order chi connectivity index (χ1) is 4.27. The van der Waals surface area contributed by atoms with Gasteiger partial charge in [0.1, 0.15) is 0 Å². The molecular formula is C7H12F2. The van der Waals surface area contributed by atoms with Crippen molar-refractivity contribution in [2.45, 2.75) is 32.1 Å². The Morgan fingerprint density at radius 3 is 2.44 bits per heavy atom. The van der Waals surface area contributed by atoms with Crippen LogP contribution in [0.1, 0.15) is 25.7 Å². The van der Waals surface area contributed by atoms with E-state index in [1.165, 1.54) is 0 Å². The molecule has 0 aromatic carbocycles. The minimum absolute atomic E-state index is 0.0356. The van der Waals surface area contributed by atoms with E-state index in [1.54, 1.807) is 6.08 Å². The minimum atomic E-state index is -2.13. The topological polar surface area (TPSA) is 0 Å². The van der Waals surface area contributed by atoms with E-state index in [-0.39, 0.29) is 6.42 Å². The summed E-state index contributed by atoms with van der Waals surface area (Å²) in [5.74, 6) is 0. The number of unbranched alkanes of at least 4 members (excludes halogenated alkanes) is 2. The van der Waals surface area contributed by atoms with E-state index in [1.807, 2.05) is 0 Å². The SMILES string of the molecule is C=CCCCCC(F)F. The molecule has 0 saturated heterocycles. The van der Waals surface area contributed by atoms with E-state index in [4.69, 9.17) is 0 Å². The molecule has 0 aliphatic rings. The summed E-state index contributed by atoms with van der Waals surface area (Å²) in [7, 11) is 0. The fourth-order valence-corrected chi connectivity index (χ4v) is 0.587. The second-order valence-corrected chi connectivity index (χ2v) is 1.96. The van der Waals surface area contributed by atoms with Crippen LogP contribution in [-0.4, -0.2) is 6.43 Å². The highest BCUT2D eigenvalue weighted by Crippen LogP contribution is 2.06. The predicted octanol–water partition coefficient (Wildman–Crippen LogP) is 3.00. The standard InChI is InChI=1S/C7H12F2/c1-2-3-4-5-6-7(8)9/h2,7H,1,3-6H2. The maximum atomic E-state index is 11.4. The molecule has 0 N–H and O–H groups in total. The van der Waals surface area contributed by atoms with E-state index in [2.05, 4.69) is 6.58 Å². The second-order valence-electron chi connectivity index (χ2n) is 1.96. The van der Waals surface area contributed by atoms with E-state index in [0.717, 1.165) is 12.8 Å². The zero-order chi connectivity index (χ0) is 7.11. The van der Waals surface area contributed by atoms with Crippen molar-refractivity contribution in [3.05, 3.63) is 12.7 Å². The Morgan fingerprint density at radius 2 is 2.00 bits per heavy atom. The van der Waals surface area contributed by atoms with Gasteiger partial charge in [0.15, 0.2) is 0 Å². The van der Waals surface area contributed by atoms with Gasteiger partial charge < -0.3 is 0 Å². The van der Waals surface area contributed by atoms with Crippen molar-refractivity contribution in [2.24, 2.45) is 0 Å². The van der Waals surface area contributed by atoms with Crippen molar-refractivity contribution in [1.82, 2.24) is 0 Å². The van der Waals surface area contributed by atoms with Crippen LogP contribution in [0.25, 0.3) is 0 Å². The Kier molecular flexibility index (Phi) is 5.48. The number of hydrogen-bond acceptors (Lipinski definition) is 0. The molecule has 0 aliphatic carbocycles. The smallest absolute Gasteiger partial charge is 0.211 e. The average Bonchev–Trinajstić information content (AvgIpc) is 1.80. The summed E-state index contributed by atoms with van der Waals surface area (Å²) in [6.45, 7) is 3.49. The molecule has 0 aromatic heterocycles. The van der Waals surface area contributed by atoms with E-state index < -0.39 is 6.43 Å². The molecular weight excluding hydrogens is 122 g/mol. The van der Waals surface area contributed by atoms with Gasteiger partial charge in [0.05, 0.1) is 0 Å². The van der Waals surface area contributed by atoms with Crippen LogP contribution in [0.5, 0.6) is 0 Å². The van der Waals surface area contributed by atoms with E-state index in [9.17, 15) is 8.78 Å². The van der Waals surface area contributed by atoms with Gasteiger partial charge in [0, 0.05) is 6.42 Å². The van der Waals surface area contributed by atoms with Gasteiger partial charge in [-0.3, -0.25) is 0 Å². The number of rotatable bonds is 5.